The first kappa shape index (κ1) is 13.1. The topological polar surface area (TPSA) is 38.1 Å². The molecule has 0 aliphatic heterocycles. The van der Waals surface area contributed by atoms with Crippen LogP contribution < -0.4 is 5.32 Å². The van der Waals surface area contributed by atoms with E-state index in [9.17, 15) is 4.39 Å². The molecular weight excluding hydrogens is 255 g/mol. The van der Waals surface area contributed by atoms with E-state index in [0.29, 0.717) is 23.0 Å². The van der Waals surface area contributed by atoms with Crippen molar-refractivity contribution in [3.05, 3.63) is 41.1 Å². The summed E-state index contributed by atoms with van der Waals surface area (Å²) >= 11 is 6.01. The fourth-order valence-electron chi connectivity index (χ4n) is 1.70. The summed E-state index contributed by atoms with van der Waals surface area (Å²) in [5.74, 6) is -0.0160. The molecule has 0 aliphatic carbocycles. The van der Waals surface area contributed by atoms with Crippen molar-refractivity contribution in [1.82, 2.24) is 10.3 Å². The summed E-state index contributed by atoms with van der Waals surface area (Å²) in [6, 6.07) is 4.55. The predicted octanol–water partition coefficient (Wildman–Crippen LogP) is 3.63. The fourth-order valence-corrected chi connectivity index (χ4v) is 1.95. The quantitative estimate of drug-likeness (QED) is 0.842. The number of hydrogen-bond donors (Lipinski definition) is 1. The van der Waals surface area contributed by atoms with Crippen molar-refractivity contribution >= 4 is 11.6 Å². The highest BCUT2D eigenvalue weighted by Gasteiger charge is 2.17. The molecule has 0 saturated carbocycles. The molecule has 5 heteroatoms. The molecule has 2 rings (SSSR count). The Balaban J connectivity index is 2.31. The minimum absolute atomic E-state index is 0.268. The van der Waals surface area contributed by atoms with Crippen LogP contribution in [-0.2, 0) is 6.54 Å². The smallest absolute Gasteiger partial charge is 0.181 e. The van der Waals surface area contributed by atoms with Gasteiger partial charge in [0, 0.05) is 6.54 Å². The van der Waals surface area contributed by atoms with Crippen LogP contribution in [0.5, 0.6) is 0 Å². The molecule has 0 fully saturated rings. The number of oxazole rings is 1. The summed E-state index contributed by atoms with van der Waals surface area (Å²) in [5.41, 5.74) is 0.931. The van der Waals surface area contributed by atoms with Gasteiger partial charge in [-0.25, -0.2) is 9.37 Å². The largest absolute Gasteiger partial charge is 0.443 e. The maximum atomic E-state index is 13.8. The number of rotatable bonds is 5. The van der Waals surface area contributed by atoms with Crippen molar-refractivity contribution in [2.24, 2.45) is 0 Å². The highest BCUT2D eigenvalue weighted by Crippen LogP contribution is 2.32. The lowest BCUT2D eigenvalue weighted by Crippen LogP contribution is -2.14. The van der Waals surface area contributed by atoms with Crippen molar-refractivity contribution < 1.29 is 8.81 Å². The van der Waals surface area contributed by atoms with Crippen molar-refractivity contribution in [3.8, 4) is 11.3 Å². The van der Waals surface area contributed by atoms with Crippen LogP contribution in [0.2, 0.25) is 5.02 Å². The van der Waals surface area contributed by atoms with Gasteiger partial charge in [-0.3, -0.25) is 0 Å². The third-order valence-electron chi connectivity index (χ3n) is 2.55. The average Bonchev–Trinajstić information content (AvgIpc) is 2.78. The van der Waals surface area contributed by atoms with Crippen LogP contribution in [0.4, 0.5) is 4.39 Å². The molecule has 96 valence electrons. The number of benzene rings is 1. The van der Waals surface area contributed by atoms with Crippen molar-refractivity contribution in [1.29, 1.82) is 0 Å². The molecule has 0 aliphatic rings. The molecule has 1 aromatic heterocycles. The Morgan fingerprint density at radius 1 is 1.44 bits per heavy atom. The van der Waals surface area contributed by atoms with E-state index in [4.69, 9.17) is 16.0 Å². The van der Waals surface area contributed by atoms with Crippen LogP contribution in [0.1, 0.15) is 19.0 Å². The molecule has 18 heavy (non-hydrogen) atoms. The van der Waals surface area contributed by atoms with Crippen LogP contribution >= 0.6 is 11.6 Å². The second kappa shape index (κ2) is 5.98. The third-order valence-corrected chi connectivity index (χ3v) is 2.87. The van der Waals surface area contributed by atoms with E-state index in [1.807, 2.05) is 0 Å². The highest BCUT2D eigenvalue weighted by molar-refractivity contribution is 6.33. The van der Waals surface area contributed by atoms with Gasteiger partial charge in [-0.15, -0.1) is 0 Å². The van der Waals surface area contributed by atoms with Crippen molar-refractivity contribution in [2.75, 3.05) is 6.54 Å². The zero-order valence-corrected chi connectivity index (χ0v) is 10.8. The first-order valence-corrected chi connectivity index (χ1v) is 6.19. The van der Waals surface area contributed by atoms with Gasteiger partial charge in [-0.1, -0.05) is 24.6 Å². The van der Waals surface area contributed by atoms with Crippen molar-refractivity contribution in [2.45, 2.75) is 19.9 Å². The molecular formula is C13H14ClFN2O. The number of nitrogens with one attached hydrogen (secondary N) is 1. The van der Waals surface area contributed by atoms with Gasteiger partial charge in [0.1, 0.15) is 11.5 Å². The normalized spacial score (nSPS) is 10.8. The van der Waals surface area contributed by atoms with Gasteiger partial charge in [0.05, 0.1) is 10.6 Å². The molecule has 1 aromatic carbocycles. The molecule has 0 spiro atoms. The lowest BCUT2D eigenvalue weighted by molar-refractivity contribution is 0.559. The number of nitrogens with zero attached hydrogens (tertiary/aromatic N) is 1. The molecule has 0 bridgehead atoms. The zero-order valence-electron chi connectivity index (χ0n) is 10.0. The van der Waals surface area contributed by atoms with Gasteiger partial charge < -0.3 is 9.73 Å². The van der Waals surface area contributed by atoms with Crippen LogP contribution in [0.3, 0.4) is 0 Å². The number of halogens is 2. The fraction of sp³-hybridized carbons (Fsp3) is 0.308. The Morgan fingerprint density at radius 3 is 3.00 bits per heavy atom. The molecule has 0 amide bonds. The SMILES string of the molecule is CCCNCc1ncoc1-c1c(F)cccc1Cl. The maximum absolute atomic E-state index is 13.8. The Kier molecular flexibility index (Phi) is 4.33. The lowest BCUT2D eigenvalue weighted by atomic mass is 10.1. The summed E-state index contributed by atoms with van der Waals surface area (Å²) < 4.78 is 19.1. The standard InChI is InChI=1S/C13H14ClFN2O/c1-2-6-16-7-11-13(18-8-17-11)12-9(14)4-3-5-10(12)15/h3-5,8,16H,2,6-7H2,1H3. The zero-order chi connectivity index (χ0) is 13.0. The van der Waals surface area contributed by atoms with Gasteiger partial charge in [-0.05, 0) is 25.1 Å². The molecule has 1 N–H and O–H groups in total. The summed E-state index contributed by atoms with van der Waals surface area (Å²) in [6.45, 7) is 3.48. The van der Waals surface area contributed by atoms with Crippen LogP contribution in [-0.4, -0.2) is 11.5 Å². The van der Waals surface area contributed by atoms with E-state index < -0.39 is 5.82 Å². The summed E-state index contributed by atoms with van der Waals surface area (Å²) in [6.07, 6.45) is 2.33. The van der Waals surface area contributed by atoms with Crippen molar-refractivity contribution in [3.63, 3.8) is 0 Å². The van der Waals surface area contributed by atoms with Gasteiger partial charge >= 0.3 is 0 Å². The summed E-state index contributed by atoms with van der Waals surface area (Å²) in [7, 11) is 0. The average molecular weight is 269 g/mol. The van der Waals surface area contributed by atoms with E-state index in [2.05, 4.69) is 17.2 Å². The third kappa shape index (κ3) is 2.71. The second-order valence-corrected chi connectivity index (χ2v) is 4.31. The van der Waals surface area contributed by atoms with E-state index in [-0.39, 0.29) is 5.56 Å². The molecule has 0 radical (unpaired) electrons. The van der Waals surface area contributed by atoms with Gasteiger partial charge in [-0.2, -0.15) is 0 Å². The molecule has 1 heterocycles. The number of hydrogen-bond acceptors (Lipinski definition) is 3. The molecule has 0 unspecified atom stereocenters. The van der Waals surface area contributed by atoms with E-state index in [1.165, 1.54) is 12.5 Å². The van der Waals surface area contributed by atoms with Crippen LogP contribution in [0.25, 0.3) is 11.3 Å². The molecule has 0 atom stereocenters. The van der Waals surface area contributed by atoms with Crippen LogP contribution in [0.15, 0.2) is 29.0 Å². The minimum Gasteiger partial charge on any atom is -0.443 e. The first-order chi connectivity index (χ1) is 8.74. The second-order valence-electron chi connectivity index (χ2n) is 3.90. The van der Waals surface area contributed by atoms with Gasteiger partial charge in [0.25, 0.3) is 0 Å². The first-order valence-electron chi connectivity index (χ1n) is 5.81. The Morgan fingerprint density at radius 2 is 2.28 bits per heavy atom. The highest BCUT2D eigenvalue weighted by atomic mass is 35.5. The van der Waals surface area contributed by atoms with E-state index in [0.717, 1.165) is 13.0 Å². The molecule has 3 nitrogen and oxygen atoms in total. The summed E-state index contributed by atoms with van der Waals surface area (Å²) in [5, 5.41) is 3.52. The van der Waals surface area contributed by atoms with Gasteiger partial charge in [0.15, 0.2) is 12.2 Å². The summed E-state index contributed by atoms with van der Waals surface area (Å²) in [4.78, 5) is 4.09. The Labute approximate surface area is 110 Å². The maximum Gasteiger partial charge on any atom is 0.181 e. The lowest BCUT2D eigenvalue weighted by Gasteiger charge is -2.05. The molecule has 2 aromatic rings. The Hall–Kier alpha value is -1.39. The van der Waals surface area contributed by atoms with E-state index >= 15 is 0 Å². The monoisotopic (exact) mass is 268 g/mol. The van der Waals surface area contributed by atoms with Crippen LogP contribution in [0, 0.1) is 5.82 Å². The minimum atomic E-state index is -0.406. The number of aromatic nitrogens is 1. The van der Waals surface area contributed by atoms with Gasteiger partial charge in [0.2, 0.25) is 0 Å². The Bertz CT molecular complexity index is 507. The predicted molar refractivity (Wildman–Crippen MR) is 68.9 cm³/mol. The van der Waals surface area contributed by atoms with E-state index in [1.54, 1.807) is 12.1 Å². The molecule has 0 saturated heterocycles.